The van der Waals surface area contributed by atoms with E-state index in [0.29, 0.717) is 19.3 Å². The molecule has 0 unspecified atom stereocenters. The second-order valence-electron chi connectivity index (χ2n) is 17.9. The molecule has 0 bridgehead atoms. The summed E-state index contributed by atoms with van der Waals surface area (Å²) < 4.78 is 11.9. The van der Waals surface area contributed by atoms with Crippen LogP contribution in [0.15, 0.2) is 11.6 Å². The van der Waals surface area contributed by atoms with Gasteiger partial charge in [-0.3, -0.25) is 0 Å². The van der Waals surface area contributed by atoms with Gasteiger partial charge >= 0.3 is 0 Å². The lowest BCUT2D eigenvalue weighted by molar-refractivity contribution is -0.345. The minimum atomic E-state index is -1.61. The highest BCUT2D eigenvalue weighted by molar-refractivity contribution is 5.64. The molecule has 7 N–H and O–H groups in total. The van der Waals surface area contributed by atoms with Gasteiger partial charge in [0, 0.05) is 5.41 Å². The van der Waals surface area contributed by atoms with Gasteiger partial charge in [0.1, 0.15) is 30.7 Å². The Morgan fingerprint density at radius 1 is 0.891 bits per heavy atom. The summed E-state index contributed by atoms with van der Waals surface area (Å²) in [6.45, 7) is 12.4. The van der Waals surface area contributed by atoms with Gasteiger partial charge < -0.3 is 50.0 Å². The summed E-state index contributed by atoms with van der Waals surface area (Å²) in [4.78, 5) is 12.8. The maximum absolute atomic E-state index is 12.8. The number of carbonyl (C=O) groups is 1. The maximum Gasteiger partial charge on any atom is 0.187 e. The number of fused-ring (bicyclic) bond motifs is 7. The summed E-state index contributed by atoms with van der Waals surface area (Å²) in [5.74, 6) is 0.0339. The molecule has 10 heteroatoms. The van der Waals surface area contributed by atoms with Crippen molar-refractivity contribution in [3.63, 3.8) is 0 Å². The number of ether oxygens (including phenoxy) is 2. The zero-order valence-electron chi connectivity index (χ0n) is 28.4. The van der Waals surface area contributed by atoms with Crippen molar-refractivity contribution in [2.75, 3.05) is 13.2 Å². The second-order valence-corrected chi connectivity index (χ2v) is 17.9. The van der Waals surface area contributed by atoms with Crippen molar-refractivity contribution in [3.05, 3.63) is 11.6 Å². The van der Waals surface area contributed by atoms with Gasteiger partial charge in [-0.25, -0.2) is 0 Å². The number of allylic oxidation sites excluding steroid dienone is 2. The third-order valence-corrected chi connectivity index (χ3v) is 15.2. The third-order valence-electron chi connectivity index (χ3n) is 15.2. The molecule has 46 heavy (non-hydrogen) atoms. The predicted octanol–water partition coefficient (Wildman–Crippen LogP) is 2.09. The number of aldehydes is 1. The molecule has 10 nitrogen and oxygen atoms in total. The summed E-state index contributed by atoms with van der Waals surface area (Å²) >= 11 is 0. The SMILES string of the molecule is CC1(C)CC[C@]2(C=O)[C@@H](O)C[C@]3(C)C(=CC[C@H]4[C@@]5(C)C[C@H](O)[C@H](O[C@@H]6O[C@@H](CO)[C@@H](O)[C@H](O)[C@H]6O)[C@@](C)(CO)[C@H]5CC[C@]43C)[C@@H]2C1. The van der Waals surface area contributed by atoms with Gasteiger partial charge in [0.2, 0.25) is 0 Å². The van der Waals surface area contributed by atoms with Crippen molar-refractivity contribution in [1.29, 1.82) is 0 Å². The van der Waals surface area contributed by atoms with Gasteiger partial charge in [0.15, 0.2) is 6.29 Å². The summed E-state index contributed by atoms with van der Waals surface area (Å²) in [6.07, 6.45) is -0.866. The average molecular weight is 651 g/mol. The van der Waals surface area contributed by atoms with E-state index in [4.69, 9.17) is 9.47 Å². The van der Waals surface area contributed by atoms with Crippen molar-refractivity contribution in [2.45, 2.75) is 142 Å². The Morgan fingerprint density at radius 3 is 2.22 bits per heavy atom. The largest absolute Gasteiger partial charge is 0.396 e. The topological polar surface area (TPSA) is 177 Å². The molecule has 4 saturated carbocycles. The van der Waals surface area contributed by atoms with Crippen LogP contribution < -0.4 is 0 Å². The van der Waals surface area contributed by atoms with E-state index >= 15 is 0 Å². The van der Waals surface area contributed by atoms with Gasteiger partial charge in [0.05, 0.1) is 36.9 Å². The first-order valence-electron chi connectivity index (χ1n) is 17.5. The fourth-order valence-corrected chi connectivity index (χ4v) is 12.3. The number of carbonyl (C=O) groups excluding carboxylic acids is 1. The Kier molecular flexibility index (Phi) is 8.56. The zero-order chi connectivity index (χ0) is 33.8. The van der Waals surface area contributed by atoms with Crippen LogP contribution in [-0.2, 0) is 14.3 Å². The maximum atomic E-state index is 12.8. The van der Waals surface area contributed by atoms with E-state index in [1.807, 2.05) is 6.92 Å². The van der Waals surface area contributed by atoms with E-state index in [9.17, 15) is 40.5 Å². The van der Waals surface area contributed by atoms with Crippen molar-refractivity contribution in [3.8, 4) is 0 Å². The van der Waals surface area contributed by atoms with E-state index in [2.05, 4.69) is 40.7 Å². The van der Waals surface area contributed by atoms with Crippen LogP contribution in [0.25, 0.3) is 0 Å². The number of hydrogen-bond donors (Lipinski definition) is 7. The van der Waals surface area contributed by atoms with Crippen LogP contribution in [0, 0.1) is 50.2 Å². The lowest BCUT2D eigenvalue weighted by Gasteiger charge is -2.72. The van der Waals surface area contributed by atoms with Crippen LogP contribution >= 0.6 is 0 Å². The molecule has 0 aromatic rings. The molecule has 6 rings (SSSR count). The molecular weight excluding hydrogens is 592 g/mol. The first-order chi connectivity index (χ1) is 21.4. The second kappa shape index (κ2) is 11.3. The monoisotopic (exact) mass is 650 g/mol. The highest BCUT2D eigenvalue weighted by Gasteiger charge is 2.71. The molecule has 1 aliphatic heterocycles. The molecule has 5 aliphatic carbocycles. The highest BCUT2D eigenvalue weighted by Crippen LogP contribution is 2.75. The normalized spacial score (nSPS) is 56.5. The summed E-state index contributed by atoms with van der Waals surface area (Å²) in [6, 6.07) is 0. The standard InChI is InChI=1S/C36H58O10/c1-31(2)11-12-36(18-39)20(13-31)19-7-8-24-32(3)14-21(40)29(46-30-28(44)27(43)26(42)22(16-37)45-30)33(4,17-38)23(32)9-10-34(24,5)35(19,6)15-25(36)41/h7,18,20-30,37-38,40-44H,8-17H2,1-6H3/t20-,21-,22-,23-,24-,25-,26+,27-,28+,29-,30-,32-,33-,34+,35+,36+/m0/s1. The minimum absolute atomic E-state index is 0.0122. The van der Waals surface area contributed by atoms with Crippen LogP contribution in [0.4, 0.5) is 0 Å². The van der Waals surface area contributed by atoms with Crippen molar-refractivity contribution in [2.24, 2.45) is 50.2 Å². The molecule has 5 fully saturated rings. The fourth-order valence-electron chi connectivity index (χ4n) is 12.3. The lowest BCUT2D eigenvalue weighted by atomic mass is 9.33. The van der Waals surface area contributed by atoms with E-state index in [-0.39, 0.29) is 40.6 Å². The highest BCUT2D eigenvalue weighted by atomic mass is 16.7. The van der Waals surface area contributed by atoms with E-state index in [1.165, 1.54) is 5.57 Å². The van der Waals surface area contributed by atoms with Crippen molar-refractivity contribution in [1.82, 2.24) is 0 Å². The quantitative estimate of drug-likeness (QED) is 0.132. The zero-order valence-corrected chi connectivity index (χ0v) is 28.4. The Bertz CT molecular complexity index is 1220. The molecule has 0 aromatic heterocycles. The molecule has 0 amide bonds. The molecule has 0 spiro atoms. The molecule has 262 valence electrons. The van der Waals surface area contributed by atoms with Crippen LogP contribution in [-0.4, -0.2) is 104 Å². The molecule has 6 aliphatic rings. The Morgan fingerprint density at radius 2 is 1.59 bits per heavy atom. The van der Waals surface area contributed by atoms with Crippen LogP contribution in [0.2, 0.25) is 0 Å². The van der Waals surface area contributed by atoms with E-state index in [1.54, 1.807) is 0 Å². The van der Waals surface area contributed by atoms with Crippen LogP contribution in [0.1, 0.15) is 92.9 Å². The molecule has 0 radical (unpaired) electrons. The van der Waals surface area contributed by atoms with Gasteiger partial charge in [-0.1, -0.05) is 53.2 Å². The fraction of sp³-hybridized carbons (Fsp3) is 0.917. The van der Waals surface area contributed by atoms with E-state index < -0.39 is 71.9 Å². The Hall–Kier alpha value is -0.950. The third kappa shape index (κ3) is 4.57. The van der Waals surface area contributed by atoms with Crippen LogP contribution in [0.5, 0.6) is 0 Å². The predicted molar refractivity (Wildman–Crippen MR) is 168 cm³/mol. The number of aliphatic hydroxyl groups is 7. The van der Waals surface area contributed by atoms with Crippen molar-refractivity contribution < 1.29 is 50.0 Å². The smallest absolute Gasteiger partial charge is 0.187 e. The Labute approximate surface area is 273 Å². The first kappa shape index (κ1) is 34.9. The summed E-state index contributed by atoms with van der Waals surface area (Å²) in [7, 11) is 0. The summed E-state index contributed by atoms with van der Waals surface area (Å²) in [5, 5.41) is 75.8. The first-order valence-corrected chi connectivity index (χ1v) is 17.5. The molecular formula is C36H58O10. The number of rotatable bonds is 5. The number of hydrogen-bond acceptors (Lipinski definition) is 10. The van der Waals surface area contributed by atoms with Gasteiger partial charge in [-0.2, -0.15) is 0 Å². The molecule has 16 atom stereocenters. The number of aliphatic hydroxyl groups excluding tert-OH is 7. The lowest BCUT2D eigenvalue weighted by Crippen LogP contribution is -2.70. The average Bonchev–Trinajstić information content (AvgIpc) is 2.99. The van der Waals surface area contributed by atoms with Gasteiger partial charge in [-0.15, -0.1) is 0 Å². The summed E-state index contributed by atoms with van der Waals surface area (Å²) in [5.41, 5.74) is -1.30. The van der Waals surface area contributed by atoms with Gasteiger partial charge in [0.25, 0.3) is 0 Å². The van der Waals surface area contributed by atoms with Crippen molar-refractivity contribution >= 4 is 6.29 Å². The molecule has 1 heterocycles. The van der Waals surface area contributed by atoms with Gasteiger partial charge in [-0.05, 0) is 90.8 Å². The molecule has 0 aromatic carbocycles. The van der Waals surface area contributed by atoms with E-state index in [0.717, 1.165) is 38.4 Å². The Balaban J connectivity index is 1.35. The minimum Gasteiger partial charge on any atom is -0.396 e. The van der Waals surface area contributed by atoms with Crippen LogP contribution in [0.3, 0.4) is 0 Å². The molecule has 1 saturated heterocycles.